The molecule has 0 spiro atoms. The van der Waals surface area contributed by atoms with Crippen molar-refractivity contribution in [1.29, 1.82) is 0 Å². The summed E-state index contributed by atoms with van der Waals surface area (Å²) in [6.07, 6.45) is 4.31. The second-order valence-corrected chi connectivity index (χ2v) is 7.61. The highest BCUT2D eigenvalue weighted by Crippen LogP contribution is 2.30. The molecule has 4 nitrogen and oxygen atoms in total. The molecule has 0 saturated carbocycles. The van der Waals surface area contributed by atoms with Gasteiger partial charge in [0, 0.05) is 12.0 Å². The molecule has 0 aliphatic rings. The fourth-order valence-corrected chi connectivity index (χ4v) is 2.83. The molecule has 0 fully saturated rings. The first kappa shape index (κ1) is 21.4. The third-order valence-electron chi connectivity index (χ3n) is 4.22. The number of alkyl carbamates (subject to hydrolysis) is 1. The minimum absolute atomic E-state index is 0.168. The van der Waals surface area contributed by atoms with E-state index in [1.807, 2.05) is 0 Å². The van der Waals surface area contributed by atoms with Gasteiger partial charge >= 0.3 is 6.09 Å². The van der Waals surface area contributed by atoms with Crippen LogP contribution in [0.1, 0.15) is 65.4 Å². The second-order valence-electron chi connectivity index (χ2n) is 7.61. The molecule has 0 bridgehead atoms. The summed E-state index contributed by atoms with van der Waals surface area (Å²) in [6, 6.07) is 6.25. The highest BCUT2D eigenvalue weighted by molar-refractivity contribution is 5.67. The normalized spacial score (nSPS) is 14.0. The Morgan fingerprint density at radius 2 is 1.96 bits per heavy atom. The van der Waals surface area contributed by atoms with Gasteiger partial charge in [-0.3, -0.25) is 0 Å². The van der Waals surface area contributed by atoms with Crippen LogP contribution in [0.5, 0.6) is 0 Å². The van der Waals surface area contributed by atoms with Crippen LogP contribution in [0.15, 0.2) is 24.3 Å². The molecule has 142 valence electrons. The van der Waals surface area contributed by atoms with Crippen LogP contribution in [0.3, 0.4) is 0 Å². The summed E-state index contributed by atoms with van der Waals surface area (Å²) in [6.45, 7) is 7.55. The summed E-state index contributed by atoms with van der Waals surface area (Å²) in [5, 5.41) is 12.9. The summed E-state index contributed by atoms with van der Waals surface area (Å²) >= 11 is 0. The summed E-state index contributed by atoms with van der Waals surface area (Å²) in [5.41, 5.74) is -0.610. The number of benzene rings is 1. The molecule has 1 amide bonds. The quantitative estimate of drug-likeness (QED) is 0.640. The fourth-order valence-electron chi connectivity index (χ4n) is 2.83. The number of hydrogen-bond acceptors (Lipinski definition) is 3. The molecular formula is C20H32FNO3. The number of nitrogens with one attached hydrogen (secondary N) is 1. The Hall–Kier alpha value is -1.62. The zero-order valence-electron chi connectivity index (χ0n) is 15.9. The Kier molecular flexibility index (Phi) is 8.36. The van der Waals surface area contributed by atoms with E-state index in [1.54, 1.807) is 32.9 Å². The number of amides is 1. The first-order chi connectivity index (χ1) is 11.7. The van der Waals surface area contributed by atoms with Crippen LogP contribution in [0, 0.1) is 5.82 Å². The summed E-state index contributed by atoms with van der Waals surface area (Å²) in [4.78, 5) is 12.0. The lowest BCUT2D eigenvalue weighted by Crippen LogP contribution is -2.45. The molecule has 0 aromatic heterocycles. The Balaban J connectivity index is 2.91. The lowest BCUT2D eigenvalue weighted by Gasteiger charge is -2.33. The number of halogens is 1. The van der Waals surface area contributed by atoms with Crippen molar-refractivity contribution in [2.45, 2.75) is 70.8 Å². The molecule has 2 N–H and O–H groups in total. The second kappa shape index (κ2) is 9.76. The van der Waals surface area contributed by atoms with E-state index in [0.717, 1.165) is 25.7 Å². The predicted molar refractivity (Wildman–Crippen MR) is 98.2 cm³/mol. The Bertz CT molecular complexity index is 542. The minimum Gasteiger partial charge on any atom is -0.444 e. The maximum absolute atomic E-state index is 13.7. The molecule has 0 saturated heterocycles. The van der Waals surface area contributed by atoms with E-state index in [0.29, 0.717) is 12.0 Å². The average Bonchev–Trinajstić information content (AvgIpc) is 2.53. The van der Waals surface area contributed by atoms with Crippen molar-refractivity contribution >= 4 is 6.09 Å². The first-order valence-electron chi connectivity index (χ1n) is 9.06. The molecule has 0 aliphatic heterocycles. The molecule has 0 heterocycles. The molecule has 1 aromatic carbocycles. The van der Waals surface area contributed by atoms with Gasteiger partial charge in [0.1, 0.15) is 11.4 Å². The van der Waals surface area contributed by atoms with Crippen molar-refractivity contribution in [3.63, 3.8) is 0 Å². The van der Waals surface area contributed by atoms with Gasteiger partial charge in [0.25, 0.3) is 0 Å². The molecule has 25 heavy (non-hydrogen) atoms. The van der Waals surface area contributed by atoms with Gasteiger partial charge in [-0.15, -0.1) is 0 Å². The van der Waals surface area contributed by atoms with Gasteiger partial charge in [-0.1, -0.05) is 44.7 Å². The van der Waals surface area contributed by atoms with E-state index in [1.165, 1.54) is 12.1 Å². The minimum atomic E-state index is -0.716. The van der Waals surface area contributed by atoms with E-state index in [4.69, 9.17) is 4.74 Å². The van der Waals surface area contributed by atoms with Gasteiger partial charge < -0.3 is 15.2 Å². The van der Waals surface area contributed by atoms with Crippen molar-refractivity contribution in [1.82, 2.24) is 5.32 Å². The van der Waals surface area contributed by atoms with Gasteiger partial charge in [-0.2, -0.15) is 0 Å². The molecular weight excluding hydrogens is 321 g/mol. The van der Waals surface area contributed by atoms with E-state index < -0.39 is 17.1 Å². The van der Waals surface area contributed by atoms with Crippen molar-refractivity contribution in [3.8, 4) is 0 Å². The van der Waals surface area contributed by atoms with E-state index in [9.17, 15) is 14.3 Å². The number of ether oxygens (including phenoxy) is 1. The molecule has 0 aliphatic carbocycles. The van der Waals surface area contributed by atoms with Gasteiger partial charge in [0.05, 0.1) is 6.61 Å². The molecule has 1 rings (SSSR count). The monoisotopic (exact) mass is 353 g/mol. The van der Waals surface area contributed by atoms with E-state index >= 15 is 0 Å². The Morgan fingerprint density at radius 3 is 2.52 bits per heavy atom. The molecule has 1 aromatic rings. The lowest BCUT2D eigenvalue weighted by atomic mass is 9.76. The number of aliphatic hydroxyl groups is 1. The SMILES string of the molecule is CCCCCCC(CO)(CNC(=O)OC(C)(C)C)c1cccc(F)c1. The van der Waals surface area contributed by atoms with Gasteiger partial charge in [0.2, 0.25) is 0 Å². The molecule has 0 radical (unpaired) electrons. The number of rotatable bonds is 9. The van der Waals surface area contributed by atoms with Gasteiger partial charge in [-0.25, -0.2) is 9.18 Å². The third-order valence-corrected chi connectivity index (χ3v) is 4.22. The van der Waals surface area contributed by atoms with Crippen molar-refractivity contribution in [2.75, 3.05) is 13.2 Å². The highest BCUT2D eigenvalue weighted by Gasteiger charge is 2.32. The van der Waals surface area contributed by atoms with Crippen molar-refractivity contribution < 1.29 is 19.0 Å². The predicted octanol–water partition coefficient (Wildman–Crippen LogP) is 4.55. The fraction of sp³-hybridized carbons (Fsp3) is 0.650. The summed E-state index contributed by atoms with van der Waals surface area (Å²) < 4.78 is 19.0. The zero-order valence-corrected chi connectivity index (χ0v) is 15.9. The molecule has 1 unspecified atom stereocenters. The average molecular weight is 353 g/mol. The molecule has 5 heteroatoms. The Morgan fingerprint density at radius 1 is 1.24 bits per heavy atom. The van der Waals surface area contributed by atoms with Crippen LogP contribution >= 0.6 is 0 Å². The Labute approximate surface area is 150 Å². The van der Waals surface area contributed by atoms with Crippen molar-refractivity contribution in [3.05, 3.63) is 35.6 Å². The van der Waals surface area contributed by atoms with E-state index in [2.05, 4.69) is 12.2 Å². The number of unbranched alkanes of at least 4 members (excludes halogenated alkanes) is 3. The van der Waals surface area contributed by atoms with Crippen LogP contribution < -0.4 is 5.32 Å². The van der Waals surface area contributed by atoms with Crippen LogP contribution in [0.2, 0.25) is 0 Å². The summed E-state index contributed by atoms with van der Waals surface area (Å²) in [5.74, 6) is -0.346. The van der Waals surface area contributed by atoms with Crippen LogP contribution in [0.4, 0.5) is 9.18 Å². The van der Waals surface area contributed by atoms with Gasteiger partial charge in [0.15, 0.2) is 0 Å². The zero-order chi connectivity index (χ0) is 18.9. The van der Waals surface area contributed by atoms with Crippen LogP contribution in [0.25, 0.3) is 0 Å². The third kappa shape index (κ3) is 7.43. The summed E-state index contributed by atoms with van der Waals surface area (Å²) in [7, 11) is 0. The molecule has 1 atom stereocenters. The number of aliphatic hydroxyl groups excluding tert-OH is 1. The highest BCUT2D eigenvalue weighted by atomic mass is 19.1. The van der Waals surface area contributed by atoms with Crippen LogP contribution in [-0.4, -0.2) is 30.0 Å². The smallest absolute Gasteiger partial charge is 0.407 e. The topological polar surface area (TPSA) is 58.6 Å². The number of carbonyl (C=O) groups is 1. The number of carbonyl (C=O) groups excluding carboxylic acids is 1. The van der Waals surface area contributed by atoms with Crippen LogP contribution in [-0.2, 0) is 10.2 Å². The largest absolute Gasteiger partial charge is 0.444 e. The maximum Gasteiger partial charge on any atom is 0.407 e. The first-order valence-corrected chi connectivity index (χ1v) is 9.06. The van der Waals surface area contributed by atoms with Gasteiger partial charge in [-0.05, 0) is 44.9 Å². The lowest BCUT2D eigenvalue weighted by molar-refractivity contribution is 0.0499. The standard InChI is InChI=1S/C20H32FNO3/c1-5-6-7-8-12-20(15-23,16-10-9-11-17(21)13-16)14-22-18(24)25-19(2,3)4/h9-11,13,23H,5-8,12,14-15H2,1-4H3,(H,22,24). The maximum atomic E-state index is 13.7. The van der Waals surface area contributed by atoms with Crippen molar-refractivity contribution in [2.24, 2.45) is 0 Å². The van der Waals surface area contributed by atoms with E-state index in [-0.39, 0.29) is 19.0 Å². The number of hydrogen-bond donors (Lipinski definition) is 2.